The van der Waals surface area contributed by atoms with E-state index in [0.29, 0.717) is 56.5 Å². The highest BCUT2D eigenvalue weighted by atomic mass is 16.2. The van der Waals surface area contributed by atoms with Crippen molar-refractivity contribution in [2.75, 3.05) is 26.2 Å². The lowest BCUT2D eigenvalue weighted by molar-refractivity contribution is -0.140. The molecule has 2 amide bonds. The topological polar surface area (TPSA) is 84.6 Å². The Kier molecular flexibility index (Phi) is 6.20. The third-order valence-corrected chi connectivity index (χ3v) is 5.54. The van der Waals surface area contributed by atoms with Crippen LogP contribution in [-0.2, 0) is 16.1 Å². The van der Waals surface area contributed by atoms with Crippen molar-refractivity contribution in [3.8, 4) is 0 Å². The van der Waals surface area contributed by atoms with Crippen molar-refractivity contribution in [2.24, 2.45) is 0 Å². The van der Waals surface area contributed by atoms with Gasteiger partial charge in [-0.15, -0.1) is 0 Å². The Morgan fingerprint density at radius 2 is 1.62 bits per heavy atom. The van der Waals surface area contributed by atoms with E-state index in [4.69, 9.17) is 0 Å². The third kappa shape index (κ3) is 3.83. The first-order chi connectivity index (χ1) is 13.9. The maximum Gasteiger partial charge on any atom is 0.332 e. The van der Waals surface area contributed by atoms with Crippen LogP contribution in [-0.4, -0.2) is 56.9 Å². The summed E-state index contributed by atoms with van der Waals surface area (Å²) in [4.78, 5) is 54.3. The molecule has 0 N–H and O–H groups in total. The van der Waals surface area contributed by atoms with Crippen molar-refractivity contribution in [1.82, 2.24) is 18.9 Å². The average Bonchev–Trinajstić information content (AvgIpc) is 2.73. The van der Waals surface area contributed by atoms with Gasteiger partial charge in [-0.3, -0.25) is 23.5 Å². The Bertz CT molecular complexity index is 1030. The van der Waals surface area contributed by atoms with Crippen LogP contribution in [0.5, 0.6) is 0 Å². The van der Waals surface area contributed by atoms with Gasteiger partial charge < -0.3 is 9.80 Å². The summed E-state index contributed by atoms with van der Waals surface area (Å²) in [6, 6.07) is 6.25. The number of rotatable bonds is 5. The Morgan fingerprint density at radius 1 is 1.00 bits per heavy atom. The molecule has 8 nitrogen and oxygen atoms in total. The minimum absolute atomic E-state index is 0.00186. The van der Waals surface area contributed by atoms with Crippen LogP contribution in [0.3, 0.4) is 0 Å². The first-order valence-corrected chi connectivity index (χ1v) is 10.2. The predicted molar refractivity (Wildman–Crippen MR) is 111 cm³/mol. The SMILES string of the molecule is CCCn1c(=O)c2ccccc2n([C@H](CC)C(=O)N2CCN(C(C)=O)CC2)c1=O. The number of nitrogens with zero attached hydrogens (tertiary/aromatic N) is 4. The minimum Gasteiger partial charge on any atom is -0.339 e. The molecule has 0 spiro atoms. The Labute approximate surface area is 169 Å². The van der Waals surface area contributed by atoms with E-state index in [1.807, 2.05) is 13.8 Å². The van der Waals surface area contributed by atoms with E-state index in [2.05, 4.69) is 0 Å². The van der Waals surface area contributed by atoms with Gasteiger partial charge in [0.05, 0.1) is 10.9 Å². The van der Waals surface area contributed by atoms with Gasteiger partial charge >= 0.3 is 5.69 Å². The third-order valence-electron chi connectivity index (χ3n) is 5.54. The van der Waals surface area contributed by atoms with E-state index in [0.717, 1.165) is 0 Å². The van der Waals surface area contributed by atoms with E-state index in [1.54, 1.807) is 34.1 Å². The van der Waals surface area contributed by atoms with Crippen molar-refractivity contribution in [3.05, 3.63) is 45.1 Å². The van der Waals surface area contributed by atoms with Crippen LogP contribution in [0.2, 0.25) is 0 Å². The molecule has 156 valence electrons. The van der Waals surface area contributed by atoms with Crippen LogP contribution in [0.1, 0.15) is 39.7 Å². The minimum atomic E-state index is -0.694. The summed E-state index contributed by atoms with van der Waals surface area (Å²) in [6.07, 6.45) is 1.07. The summed E-state index contributed by atoms with van der Waals surface area (Å²) in [5, 5.41) is 0.438. The van der Waals surface area contributed by atoms with E-state index < -0.39 is 11.7 Å². The second-order valence-electron chi connectivity index (χ2n) is 7.38. The summed E-state index contributed by atoms with van der Waals surface area (Å²) in [7, 11) is 0. The van der Waals surface area contributed by atoms with Gasteiger partial charge in [0, 0.05) is 39.6 Å². The summed E-state index contributed by atoms with van der Waals surface area (Å²) in [5.41, 5.74) is -0.281. The van der Waals surface area contributed by atoms with Crippen molar-refractivity contribution in [1.29, 1.82) is 0 Å². The zero-order valence-corrected chi connectivity index (χ0v) is 17.3. The second-order valence-corrected chi connectivity index (χ2v) is 7.38. The van der Waals surface area contributed by atoms with E-state index in [1.165, 1.54) is 16.1 Å². The second kappa shape index (κ2) is 8.63. The lowest BCUT2D eigenvalue weighted by Crippen LogP contribution is -2.53. The van der Waals surface area contributed by atoms with Gasteiger partial charge in [0.2, 0.25) is 11.8 Å². The fourth-order valence-electron chi connectivity index (χ4n) is 3.97. The molecule has 1 aliphatic heterocycles. The molecule has 0 radical (unpaired) electrons. The first-order valence-electron chi connectivity index (χ1n) is 10.2. The largest absolute Gasteiger partial charge is 0.339 e. The molecule has 0 bridgehead atoms. The Morgan fingerprint density at radius 3 is 2.21 bits per heavy atom. The summed E-state index contributed by atoms with van der Waals surface area (Å²) >= 11 is 0. The van der Waals surface area contributed by atoms with Crippen LogP contribution in [0.4, 0.5) is 0 Å². The Balaban J connectivity index is 2.06. The van der Waals surface area contributed by atoms with Crippen molar-refractivity contribution in [2.45, 2.75) is 46.2 Å². The fourth-order valence-corrected chi connectivity index (χ4v) is 3.97. The van der Waals surface area contributed by atoms with E-state index in [9.17, 15) is 19.2 Å². The number of carbonyl (C=O) groups excluding carboxylic acids is 2. The molecule has 3 rings (SSSR count). The molecule has 1 aromatic heterocycles. The highest BCUT2D eigenvalue weighted by Gasteiger charge is 2.30. The summed E-state index contributed by atoms with van der Waals surface area (Å²) < 4.78 is 2.71. The van der Waals surface area contributed by atoms with Gasteiger partial charge in [-0.1, -0.05) is 26.0 Å². The van der Waals surface area contributed by atoms with Crippen LogP contribution in [0.15, 0.2) is 33.9 Å². The highest BCUT2D eigenvalue weighted by molar-refractivity contribution is 5.85. The molecular weight excluding hydrogens is 372 g/mol. The number of aromatic nitrogens is 2. The van der Waals surface area contributed by atoms with Crippen LogP contribution in [0.25, 0.3) is 10.9 Å². The van der Waals surface area contributed by atoms with Gasteiger partial charge in [-0.2, -0.15) is 0 Å². The van der Waals surface area contributed by atoms with Crippen LogP contribution in [0, 0.1) is 0 Å². The number of benzene rings is 1. The molecule has 29 heavy (non-hydrogen) atoms. The molecule has 1 atom stereocenters. The highest BCUT2D eigenvalue weighted by Crippen LogP contribution is 2.20. The van der Waals surface area contributed by atoms with Crippen molar-refractivity contribution in [3.63, 3.8) is 0 Å². The molecule has 1 fully saturated rings. The normalized spacial score (nSPS) is 15.6. The van der Waals surface area contributed by atoms with Gasteiger partial charge in [0.15, 0.2) is 0 Å². The maximum atomic E-state index is 13.3. The maximum absolute atomic E-state index is 13.3. The van der Waals surface area contributed by atoms with Crippen LogP contribution < -0.4 is 11.2 Å². The molecule has 2 aromatic rings. The molecule has 1 saturated heterocycles. The molecule has 1 aliphatic rings. The molecule has 0 aliphatic carbocycles. The molecule has 1 aromatic carbocycles. The van der Waals surface area contributed by atoms with E-state index >= 15 is 0 Å². The van der Waals surface area contributed by atoms with Gasteiger partial charge in [-0.25, -0.2) is 4.79 Å². The zero-order valence-electron chi connectivity index (χ0n) is 17.3. The molecule has 0 saturated carbocycles. The molecule has 0 unspecified atom stereocenters. The number of amides is 2. The van der Waals surface area contributed by atoms with E-state index in [-0.39, 0.29) is 17.4 Å². The standard InChI is InChI=1S/C21H28N4O4/c1-4-10-24-19(27)16-8-6-7-9-18(16)25(21(24)29)17(5-2)20(28)23-13-11-22(12-14-23)15(3)26/h6-9,17H,4-5,10-14H2,1-3H3/t17-/m1/s1. The smallest absolute Gasteiger partial charge is 0.332 e. The number of carbonyl (C=O) groups is 2. The quantitative estimate of drug-likeness (QED) is 0.755. The summed E-state index contributed by atoms with van der Waals surface area (Å²) in [5.74, 6) is -0.150. The number of para-hydroxylation sites is 1. The van der Waals surface area contributed by atoms with Crippen molar-refractivity contribution >= 4 is 22.7 Å². The van der Waals surface area contributed by atoms with Crippen LogP contribution >= 0.6 is 0 Å². The molecular formula is C21H28N4O4. The lowest BCUT2D eigenvalue weighted by atomic mass is 10.1. The number of hydrogen-bond acceptors (Lipinski definition) is 4. The fraction of sp³-hybridized carbons (Fsp3) is 0.524. The van der Waals surface area contributed by atoms with Gasteiger partial charge in [-0.05, 0) is 25.0 Å². The number of hydrogen-bond donors (Lipinski definition) is 0. The Hall–Kier alpha value is -2.90. The first kappa shape index (κ1) is 20.8. The average molecular weight is 400 g/mol. The predicted octanol–water partition coefficient (Wildman–Crippen LogP) is 1.21. The lowest BCUT2D eigenvalue weighted by Gasteiger charge is -2.36. The summed E-state index contributed by atoms with van der Waals surface area (Å²) in [6.45, 7) is 7.46. The zero-order chi connectivity index (χ0) is 21.1. The van der Waals surface area contributed by atoms with Gasteiger partial charge in [0.25, 0.3) is 5.56 Å². The number of piperazine rings is 1. The molecule has 2 heterocycles. The van der Waals surface area contributed by atoms with Crippen molar-refractivity contribution < 1.29 is 9.59 Å². The molecule has 8 heteroatoms. The monoisotopic (exact) mass is 400 g/mol. The van der Waals surface area contributed by atoms with Gasteiger partial charge in [0.1, 0.15) is 6.04 Å². The number of fused-ring (bicyclic) bond motifs is 1.